The summed E-state index contributed by atoms with van der Waals surface area (Å²) < 4.78 is 17.1. The van der Waals surface area contributed by atoms with Crippen LogP contribution in [0.4, 0.5) is 0 Å². The van der Waals surface area contributed by atoms with Gasteiger partial charge in [0.2, 0.25) is 17.6 Å². The molecule has 2 heterocycles. The molecule has 13 nitrogen and oxygen atoms in total. The molecule has 3 aromatic carbocycles. The first-order valence-corrected chi connectivity index (χ1v) is 14.4. The second kappa shape index (κ2) is 11.8. The predicted molar refractivity (Wildman–Crippen MR) is 163 cm³/mol. The monoisotopic (exact) mass is 633 g/mol. The maximum absolute atomic E-state index is 13.3. The molecule has 1 aromatic heterocycles. The molecule has 1 aliphatic carbocycles. The van der Waals surface area contributed by atoms with E-state index in [2.05, 4.69) is 5.32 Å². The van der Waals surface area contributed by atoms with Gasteiger partial charge in [0.25, 0.3) is 0 Å². The molecule has 2 aliphatic rings. The first kappa shape index (κ1) is 31.1. The van der Waals surface area contributed by atoms with Crippen LogP contribution < -0.4 is 15.5 Å². The number of aliphatic carboxylic acids is 1. The van der Waals surface area contributed by atoms with Crippen LogP contribution in [0.15, 0.2) is 63.8 Å². The van der Waals surface area contributed by atoms with Gasteiger partial charge < -0.3 is 55.0 Å². The first-order valence-electron chi connectivity index (χ1n) is 14.4. The van der Waals surface area contributed by atoms with Crippen molar-refractivity contribution >= 4 is 28.6 Å². The SMILES string of the molecule is CNCC1(C(=O)O)OC(Oc2cc3oc(-c4ccc(O)cc4C4=Cc5ccccc5CC4)cc(=O)c3c(O)c2O)C(O)C(O)C1O. The van der Waals surface area contributed by atoms with E-state index in [1.54, 1.807) is 12.1 Å². The number of aliphatic hydroxyl groups is 3. The summed E-state index contributed by atoms with van der Waals surface area (Å²) in [5.74, 6) is -4.06. The summed E-state index contributed by atoms with van der Waals surface area (Å²) in [6, 6.07) is 14.7. The summed E-state index contributed by atoms with van der Waals surface area (Å²) in [4.78, 5) is 25.4. The quantitative estimate of drug-likeness (QED) is 0.137. The second-order valence-electron chi connectivity index (χ2n) is 11.3. The minimum Gasteiger partial charge on any atom is -0.508 e. The van der Waals surface area contributed by atoms with Crippen LogP contribution in [0.1, 0.15) is 23.1 Å². The van der Waals surface area contributed by atoms with Crippen molar-refractivity contribution < 1.29 is 54.4 Å². The van der Waals surface area contributed by atoms with E-state index < -0.39 is 70.8 Å². The van der Waals surface area contributed by atoms with E-state index in [1.807, 2.05) is 30.3 Å². The highest BCUT2D eigenvalue weighted by molar-refractivity contribution is 5.93. The molecule has 0 spiro atoms. The Labute approximate surface area is 260 Å². The maximum atomic E-state index is 13.3. The number of hydrogen-bond acceptors (Lipinski definition) is 12. The summed E-state index contributed by atoms with van der Waals surface area (Å²) in [5, 5.41) is 75.4. The smallest absolute Gasteiger partial charge is 0.340 e. The summed E-state index contributed by atoms with van der Waals surface area (Å²) in [6.45, 7) is -0.503. The molecule has 1 saturated heterocycles. The number of rotatable bonds is 7. The van der Waals surface area contributed by atoms with Gasteiger partial charge in [-0.15, -0.1) is 0 Å². The van der Waals surface area contributed by atoms with E-state index in [9.17, 15) is 45.3 Å². The Morgan fingerprint density at radius 2 is 1.74 bits per heavy atom. The Kier molecular flexibility index (Phi) is 7.96. The number of likely N-dealkylation sites (N-methyl/N-ethyl adjacent to an activating group) is 1. The minimum atomic E-state index is -2.46. The van der Waals surface area contributed by atoms with Crippen LogP contribution in [0.3, 0.4) is 0 Å². The highest BCUT2D eigenvalue weighted by Crippen LogP contribution is 2.44. The number of aliphatic hydroxyl groups excluding tert-OH is 3. The van der Waals surface area contributed by atoms with Gasteiger partial charge in [0.1, 0.15) is 40.8 Å². The lowest BCUT2D eigenvalue weighted by atomic mass is 9.86. The molecule has 1 fully saturated rings. The third-order valence-electron chi connectivity index (χ3n) is 8.40. The summed E-state index contributed by atoms with van der Waals surface area (Å²) >= 11 is 0. The number of ether oxygens (including phenoxy) is 2. The average Bonchev–Trinajstić information content (AvgIpc) is 3.04. The van der Waals surface area contributed by atoms with Crippen molar-refractivity contribution in [1.82, 2.24) is 5.32 Å². The number of carbonyl (C=O) groups is 1. The predicted octanol–water partition coefficient (Wildman–Crippen LogP) is 1.92. The van der Waals surface area contributed by atoms with Crippen molar-refractivity contribution in [1.29, 1.82) is 0 Å². The van der Waals surface area contributed by atoms with Crippen LogP contribution in [-0.4, -0.2) is 85.5 Å². The third kappa shape index (κ3) is 5.13. The van der Waals surface area contributed by atoms with Crippen molar-refractivity contribution in [3.05, 3.63) is 81.5 Å². The molecule has 240 valence electrons. The Bertz CT molecular complexity index is 1930. The zero-order valence-corrected chi connectivity index (χ0v) is 24.4. The topological polar surface area (TPSA) is 219 Å². The number of allylic oxidation sites excluding steroid dienone is 1. The summed E-state index contributed by atoms with van der Waals surface area (Å²) in [5.41, 5.74) is 0.717. The third-order valence-corrected chi connectivity index (χ3v) is 8.40. The van der Waals surface area contributed by atoms with Crippen molar-refractivity contribution in [2.45, 2.75) is 43.0 Å². The molecule has 46 heavy (non-hydrogen) atoms. The molecule has 5 atom stereocenters. The Hall–Kier alpha value is -4.92. The molecule has 0 bridgehead atoms. The van der Waals surface area contributed by atoms with Gasteiger partial charge in [-0.3, -0.25) is 4.79 Å². The van der Waals surface area contributed by atoms with Crippen molar-refractivity contribution in [3.8, 4) is 34.3 Å². The lowest BCUT2D eigenvalue weighted by Crippen LogP contribution is -2.71. The lowest BCUT2D eigenvalue weighted by Gasteiger charge is -2.45. The number of phenolic OH excluding ortho intramolecular Hbond substituents is 3. The molecule has 0 saturated carbocycles. The van der Waals surface area contributed by atoms with Crippen molar-refractivity contribution in [2.24, 2.45) is 0 Å². The molecule has 13 heteroatoms. The van der Waals surface area contributed by atoms with Crippen LogP contribution in [-0.2, 0) is 16.0 Å². The number of benzene rings is 3. The van der Waals surface area contributed by atoms with Crippen LogP contribution in [0, 0.1) is 0 Å². The number of phenols is 3. The minimum absolute atomic E-state index is 0.00560. The van der Waals surface area contributed by atoms with Crippen LogP contribution in [0.2, 0.25) is 0 Å². The molecule has 8 N–H and O–H groups in total. The average molecular weight is 634 g/mol. The Balaban J connectivity index is 1.43. The van der Waals surface area contributed by atoms with Crippen molar-refractivity contribution in [3.63, 3.8) is 0 Å². The van der Waals surface area contributed by atoms with E-state index in [4.69, 9.17) is 13.9 Å². The van der Waals surface area contributed by atoms with Crippen LogP contribution >= 0.6 is 0 Å². The molecular weight excluding hydrogens is 602 g/mol. The van der Waals surface area contributed by atoms with Gasteiger partial charge >= 0.3 is 5.97 Å². The number of hydrogen-bond donors (Lipinski definition) is 8. The van der Waals surface area contributed by atoms with Gasteiger partial charge in [-0.25, -0.2) is 4.79 Å². The van der Waals surface area contributed by atoms with E-state index in [0.29, 0.717) is 17.5 Å². The first-order chi connectivity index (χ1) is 21.9. The van der Waals surface area contributed by atoms with Gasteiger partial charge in [0.15, 0.2) is 16.9 Å². The summed E-state index contributed by atoms with van der Waals surface area (Å²) in [6.07, 6.45) is -4.68. The van der Waals surface area contributed by atoms with Gasteiger partial charge in [0.05, 0.1) is 0 Å². The Morgan fingerprint density at radius 3 is 2.48 bits per heavy atom. The second-order valence-corrected chi connectivity index (χ2v) is 11.3. The largest absolute Gasteiger partial charge is 0.508 e. The van der Waals surface area contributed by atoms with E-state index in [0.717, 1.165) is 29.7 Å². The fraction of sp³-hybridized carbons (Fsp3) is 0.273. The number of aryl methyl sites for hydroxylation is 1. The Morgan fingerprint density at radius 1 is 0.978 bits per heavy atom. The van der Waals surface area contributed by atoms with Gasteiger partial charge in [-0.05, 0) is 60.4 Å². The molecule has 4 aromatic rings. The van der Waals surface area contributed by atoms with Crippen LogP contribution in [0.25, 0.3) is 33.9 Å². The number of carboxylic acid groups (broad SMARTS) is 1. The maximum Gasteiger partial charge on any atom is 0.340 e. The molecular formula is C33H31NO12. The fourth-order valence-corrected chi connectivity index (χ4v) is 6.00. The zero-order chi connectivity index (χ0) is 32.9. The molecule has 6 rings (SSSR count). The van der Waals surface area contributed by atoms with Crippen LogP contribution in [0.5, 0.6) is 23.0 Å². The molecule has 0 radical (unpaired) electrons. The number of nitrogens with one attached hydrogen (secondary N) is 1. The molecule has 0 amide bonds. The number of carboxylic acids is 1. The standard InChI is InChI=1S/C33H31NO12/c1-34-14-33(32(42)43)30(41)28(39)29(40)31(46-33)45-24-13-23-25(27(38)26(24)37)21(36)12-22(44-23)19-9-8-18(35)11-20(19)17-7-6-15-4-2-3-5-16(15)10-17/h2-5,8-13,28-31,34-35,37-41H,6-7,14H2,1H3,(H,42,43). The van der Waals surface area contributed by atoms with Crippen molar-refractivity contribution in [2.75, 3.05) is 13.6 Å². The number of fused-ring (bicyclic) bond motifs is 2. The van der Waals surface area contributed by atoms with E-state index >= 15 is 0 Å². The molecule has 1 aliphatic heterocycles. The highest BCUT2D eigenvalue weighted by Gasteiger charge is 2.59. The van der Waals surface area contributed by atoms with E-state index in [1.165, 1.54) is 18.7 Å². The summed E-state index contributed by atoms with van der Waals surface area (Å²) in [7, 11) is 1.38. The van der Waals surface area contributed by atoms with E-state index in [-0.39, 0.29) is 17.1 Å². The lowest BCUT2D eigenvalue weighted by molar-refractivity contribution is -0.305. The number of aromatic hydroxyl groups is 3. The van der Waals surface area contributed by atoms with Gasteiger partial charge in [-0.2, -0.15) is 0 Å². The van der Waals surface area contributed by atoms with Gasteiger partial charge in [-0.1, -0.05) is 30.3 Å². The normalized spacial score (nSPS) is 24.3. The zero-order valence-electron chi connectivity index (χ0n) is 24.4. The highest BCUT2D eigenvalue weighted by atomic mass is 16.7. The van der Waals surface area contributed by atoms with Gasteiger partial charge in [0, 0.05) is 24.2 Å². The molecule has 5 unspecified atom stereocenters. The fourth-order valence-electron chi connectivity index (χ4n) is 6.00.